The fourth-order valence-corrected chi connectivity index (χ4v) is 4.80. The van der Waals surface area contributed by atoms with E-state index in [0.717, 1.165) is 54.8 Å². The quantitative estimate of drug-likeness (QED) is 0.737. The minimum atomic E-state index is -0.245. The Balaban J connectivity index is 1.47. The molecule has 1 aromatic heterocycles. The first-order chi connectivity index (χ1) is 13.7. The predicted octanol–water partition coefficient (Wildman–Crippen LogP) is 3.17. The average molecular weight is 374 g/mol. The number of para-hydroxylation sites is 2. The molecule has 1 aliphatic heterocycles. The van der Waals surface area contributed by atoms with Gasteiger partial charge in [-0.25, -0.2) is 4.98 Å². The van der Waals surface area contributed by atoms with Gasteiger partial charge in [-0.3, -0.25) is 4.79 Å². The van der Waals surface area contributed by atoms with Crippen LogP contribution in [0.3, 0.4) is 0 Å². The summed E-state index contributed by atoms with van der Waals surface area (Å²) >= 11 is 0. The molecule has 1 spiro atoms. The molecule has 1 saturated carbocycles. The number of piperidine rings is 1. The van der Waals surface area contributed by atoms with Gasteiger partial charge < -0.3 is 15.2 Å². The molecular formula is C23H26N4O. The first kappa shape index (κ1) is 17.4. The van der Waals surface area contributed by atoms with Gasteiger partial charge in [-0.1, -0.05) is 42.5 Å². The summed E-state index contributed by atoms with van der Waals surface area (Å²) in [5.41, 5.74) is 3.32. The van der Waals surface area contributed by atoms with Crippen molar-refractivity contribution in [2.75, 3.05) is 13.1 Å². The van der Waals surface area contributed by atoms with Crippen LogP contribution in [0, 0.1) is 11.3 Å². The second-order valence-electron chi connectivity index (χ2n) is 8.24. The zero-order valence-corrected chi connectivity index (χ0v) is 16.2. The highest BCUT2D eigenvalue weighted by molar-refractivity contribution is 5.83. The summed E-state index contributed by atoms with van der Waals surface area (Å²) in [6, 6.07) is 18.0. The Bertz CT molecular complexity index is 1000. The maximum atomic E-state index is 13.2. The van der Waals surface area contributed by atoms with E-state index >= 15 is 0 Å². The number of carbonyl (C=O) groups excluding carboxylic acids is 1. The molecule has 5 heteroatoms. The summed E-state index contributed by atoms with van der Waals surface area (Å²) < 4.78 is 2.10. The van der Waals surface area contributed by atoms with Gasteiger partial charge in [0, 0.05) is 13.0 Å². The number of imidazole rings is 1. The zero-order chi connectivity index (χ0) is 19.1. The molecule has 5 nitrogen and oxygen atoms in total. The number of aryl methyl sites for hydroxylation is 1. The highest BCUT2D eigenvalue weighted by Crippen LogP contribution is 2.58. The number of nitrogens with zero attached hydrogens (tertiary/aromatic N) is 2. The van der Waals surface area contributed by atoms with E-state index < -0.39 is 0 Å². The van der Waals surface area contributed by atoms with Crippen LogP contribution in [-0.4, -0.2) is 28.5 Å². The summed E-state index contributed by atoms with van der Waals surface area (Å²) in [5.74, 6) is 1.18. The largest absolute Gasteiger partial charge is 0.342 e. The monoisotopic (exact) mass is 374 g/mol. The lowest BCUT2D eigenvalue weighted by molar-refractivity contribution is -0.123. The van der Waals surface area contributed by atoms with E-state index in [1.54, 1.807) is 0 Å². The van der Waals surface area contributed by atoms with Gasteiger partial charge in [0.1, 0.15) is 11.9 Å². The zero-order valence-electron chi connectivity index (χ0n) is 16.2. The van der Waals surface area contributed by atoms with Crippen molar-refractivity contribution in [1.82, 2.24) is 20.2 Å². The second-order valence-corrected chi connectivity index (χ2v) is 8.24. The molecule has 0 radical (unpaired) electrons. The van der Waals surface area contributed by atoms with Crippen molar-refractivity contribution in [2.45, 2.75) is 25.3 Å². The molecule has 2 atom stereocenters. The fourth-order valence-electron chi connectivity index (χ4n) is 4.80. The van der Waals surface area contributed by atoms with E-state index in [1.165, 1.54) is 0 Å². The first-order valence-electron chi connectivity index (χ1n) is 10.2. The third-order valence-corrected chi connectivity index (χ3v) is 6.60. The standard InChI is InChI=1S/C23H26N4O/c1-27-19-10-6-5-9-18(19)25-21(27)20(16-7-3-2-4-8-16)26-22(28)17-15-23(17)11-13-24-14-12-23/h2-10,17,20,24H,11-15H2,1H3,(H,26,28). The van der Waals surface area contributed by atoms with Crippen molar-refractivity contribution in [3.63, 3.8) is 0 Å². The number of hydrogen-bond acceptors (Lipinski definition) is 3. The molecule has 5 rings (SSSR count). The summed E-state index contributed by atoms with van der Waals surface area (Å²) in [6.07, 6.45) is 3.23. The van der Waals surface area contributed by atoms with Crippen LogP contribution >= 0.6 is 0 Å². The van der Waals surface area contributed by atoms with Gasteiger partial charge in [0.15, 0.2) is 0 Å². The van der Waals surface area contributed by atoms with Crippen LogP contribution in [-0.2, 0) is 11.8 Å². The number of benzene rings is 2. The molecule has 0 bridgehead atoms. The SMILES string of the molecule is Cn1c(C(NC(=O)C2CC23CCNCC3)c2ccccc2)nc2ccccc21. The highest BCUT2D eigenvalue weighted by Gasteiger charge is 2.57. The molecule has 28 heavy (non-hydrogen) atoms. The Morgan fingerprint density at radius 1 is 1.14 bits per heavy atom. The number of amides is 1. The Kier molecular flexibility index (Phi) is 4.20. The van der Waals surface area contributed by atoms with E-state index in [1.807, 2.05) is 43.4 Å². The lowest BCUT2D eigenvalue weighted by Crippen LogP contribution is -2.36. The van der Waals surface area contributed by atoms with E-state index in [-0.39, 0.29) is 23.3 Å². The minimum Gasteiger partial charge on any atom is -0.342 e. The van der Waals surface area contributed by atoms with Gasteiger partial charge in [0.2, 0.25) is 5.91 Å². The van der Waals surface area contributed by atoms with Crippen molar-refractivity contribution >= 4 is 16.9 Å². The second kappa shape index (κ2) is 6.74. The lowest BCUT2D eigenvalue weighted by Gasteiger charge is -2.24. The Hall–Kier alpha value is -2.66. The van der Waals surface area contributed by atoms with Crippen LogP contribution in [0.25, 0.3) is 11.0 Å². The third kappa shape index (κ3) is 2.90. The van der Waals surface area contributed by atoms with Crippen LogP contribution < -0.4 is 10.6 Å². The minimum absolute atomic E-state index is 0.135. The Labute approximate surface area is 165 Å². The van der Waals surface area contributed by atoms with Crippen LogP contribution in [0.2, 0.25) is 0 Å². The smallest absolute Gasteiger partial charge is 0.224 e. The van der Waals surface area contributed by atoms with Gasteiger partial charge in [0.25, 0.3) is 0 Å². The van der Waals surface area contributed by atoms with Crippen molar-refractivity contribution in [3.8, 4) is 0 Å². The maximum absolute atomic E-state index is 13.2. The van der Waals surface area contributed by atoms with Crippen molar-refractivity contribution in [1.29, 1.82) is 0 Å². The van der Waals surface area contributed by atoms with Crippen LogP contribution in [0.15, 0.2) is 54.6 Å². The summed E-state index contributed by atoms with van der Waals surface area (Å²) in [5, 5.41) is 6.75. The fraction of sp³-hybridized carbons (Fsp3) is 0.391. The number of hydrogen-bond donors (Lipinski definition) is 2. The average Bonchev–Trinajstić information content (AvgIpc) is 3.33. The lowest BCUT2D eigenvalue weighted by atomic mass is 9.91. The number of fused-ring (bicyclic) bond motifs is 1. The molecule has 1 aliphatic carbocycles. The number of carbonyl (C=O) groups is 1. The van der Waals surface area contributed by atoms with Crippen LogP contribution in [0.1, 0.15) is 36.7 Å². The Morgan fingerprint density at radius 3 is 2.61 bits per heavy atom. The summed E-state index contributed by atoms with van der Waals surface area (Å²) in [4.78, 5) is 18.1. The van der Waals surface area contributed by atoms with Crippen LogP contribution in [0.4, 0.5) is 0 Å². The maximum Gasteiger partial charge on any atom is 0.224 e. The van der Waals surface area contributed by atoms with Gasteiger partial charge in [0.05, 0.1) is 11.0 Å². The molecule has 2 N–H and O–H groups in total. The molecule has 2 heterocycles. The van der Waals surface area contributed by atoms with E-state index in [4.69, 9.17) is 4.98 Å². The van der Waals surface area contributed by atoms with Crippen LogP contribution in [0.5, 0.6) is 0 Å². The predicted molar refractivity (Wildman–Crippen MR) is 110 cm³/mol. The van der Waals surface area contributed by atoms with Gasteiger partial charge in [-0.15, -0.1) is 0 Å². The molecule has 1 amide bonds. The number of rotatable bonds is 4. The molecule has 3 aromatic rings. The molecule has 2 aliphatic rings. The van der Waals surface area contributed by atoms with Gasteiger partial charge >= 0.3 is 0 Å². The third-order valence-electron chi connectivity index (χ3n) is 6.60. The van der Waals surface area contributed by atoms with Gasteiger partial charge in [-0.05, 0) is 55.5 Å². The highest BCUT2D eigenvalue weighted by atomic mass is 16.2. The topological polar surface area (TPSA) is 59.0 Å². The van der Waals surface area contributed by atoms with Crippen molar-refractivity contribution in [2.24, 2.45) is 18.4 Å². The van der Waals surface area contributed by atoms with E-state index in [2.05, 4.69) is 33.4 Å². The number of nitrogens with one attached hydrogen (secondary N) is 2. The molecule has 1 saturated heterocycles. The van der Waals surface area contributed by atoms with Gasteiger partial charge in [-0.2, -0.15) is 0 Å². The molecule has 2 aromatic carbocycles. The Morgan fingerprint density at radius 2 is 1.86 bits per heavy atom. The van der Waals surface area contributed by atoms with Crippen molar-refractivity contribution < 1.29 is 4.79 Å². The van der Waals surface area contributed by atoms with E-state index in [9.17, 15) is 4.79 Å². The first-order valence-corrected chi connectivity index (χ1v) is 10.2. The number of aromatic nitrogens is 2. The normalized spacial score (nSPS) is 21.5. The molecule has 144 valence electrons. The molecule has 2 fully saturated rings. The summed E-state index contributed by atoms with van der Waals surface area (Å²) in [7, 11) is 2.03. The molecular weight excluding hydrogens is 348 g/mol. The van der Waals surface area contributed by atoms with E-state index in [0.29, 0.717) is 0 Å². The van der Waals surface area contributed by atoms with Crippen molar-refractivity contribution in [3.05, 3.63) is 66.0 Å². The molecule has 2 unspecified atom stereocenters. The summed E-state index contributed by atoms with van der Waals surface area (Å²) in [6.45, 7) is 2.05.